The smallest absolute Gasteiger partial charge is 0.323 e. The van der Waals surface area contributed by atoms with Crippen LogP contribution in [0, 0.1) is 23.7 Å². The van der Waals surface area contributed by atoms with E-state index in [4.69, 9.17) is 9.47 Å². The highest BCUT2D eigenvalue weighted by Crippen LogP contribution is 2.31. The average molecular weight is 598 g/mol. The van der Waals surface area contributed by atoms with Crippen LogP contribution in [-0.4, -0.2) is 131 Å². The van der Waals surface area contributed by atoms with E-state index in [0.29, 0.717) is 22.2 Å². The number of aliphatic carboxylic acids is 1. The van der Waals surface area contributed by atoms with E-state index in [2.05, 4.69) is 23.7 Å². The molecule has 0 amide bonds. The van der Waals surface area contributed by atoms with Crippen LogP contribution < -0.4 is 0 Å². The van der Waals surface area contributed by atoms with Crippen LogP contribution in [0.25, 0.3) is 21.8 Å². The number of ether oxygens (including phenoxy) is 2. The fourth-order valence-corrected chi connectivity index (χ4v) is 5.31. The normalized spacial score (nSPS) is 32.6. The van der Waals surface area contributed by atoms with Crippen molar-refractivity contribution in [1.82, 2.24) is 4.57 Å². The van der Waals surface area contributed by atoms with Gasteiger partial charge in [0, 0.05) is 21.9 Å². The van der Waals surface area contributed by atoms with Gasteiger partial charge in [0.2, 0.25) is 0 Å². The van der Waals surface area contributed by atoms with Gasteiger partial charge in [-0.3, -0.25) is 4.79 Å². The number of aliphatic hydroxyl groups is 8. The van der Waals surface area contributed by atoms with Gasteiger partial charge in [0.05, 0.1) is 24.2 Å². The van der Waals surface area contributed by atoms with Crippen molar-refractivity contribution in [2.75, 3.05) is 13.2 Å². The number of carboxylic acid groups (broad SMARTS) is 1. The van der Waals surface area contributed by atoms with E-state index < -0.39 is 86.8 Å². The summed E-state index contributed by atoms with van der Waals surface area (Å²) >= 11 is 0. The molecule has 2 saturated heterocycles. The molecule has 13 heteroatoms. The van der Waals surface area contributed by atoms with Crippen LogP contribution >= 0.6 is 0 Å². The molecule has 43 heavy (non-hydrogen) atoms. The third-order valence-electron chi connectivity index (χ3n) is 7.66. The maximum atomic E-state index is 11.8. The van der Waals surface area contributed by atoms with Crippen LogP contribution in [0.5, 0.6) is 0 Å². The van der Waals surface area contributed by atoms with Gasteiger partial charge in [-0.2, -0.15) is 0 Å². The summed E-state index contributed by atoms with van der Waals surface area (Å²) < 4.78 is 12.4. The second kappa shape index (κ2) is 12.6. The predicted molar refractivity (Wildman–Crippen MR) is 148 cm³/mol. The van der Waals surface area contributed by atoms with Crippen molar-refractivity contribution < 1.29 is 60.2 Å². The molecule has 13 nitrogen and oxygen atoms in total. The lowest BCUT2D eigenvalue weighted by Crippen LogP contribution is -2.58. The van der Waals surface area contributed by atoms with E-state index in [1.807, 2.05) is 0 Å². The van der Waals surface area contributed by atoms with E-state index in [0.717, 1.165) is 10.8 Å². The molecule has 2 aromatic carbocycles. The number of carboxylic acids is 1. The largest absolute Gasteiger partial charge is 0.480 e. The topological polar surface area (TPSA) is 223 Å². The van der Waals surface area contributed by atoms with E-state index >= 15 is 0 Å². The zero-order valence-electron chi connectivity index (χ0n) is 22.6. The Morgan fingerprint density at radius 1 is 0.674 bits per heavy atom. The molecule has 0 spiro atoms. The fourth-order valence-electron chi connectivity index (χ4n) is 5.31. The van der Waals surface area contributed by atoms with Gasteiger partial charge in [0.15, 0.2) is 0 Å². The molecule has 5 rings (SSSR count). The Hall–Kier alpha value is -3.57. The minimum atomic E-state index is -1.57. The van der Waals surface area contributed by atoms with Crippen molar-refractivity contribution in [1.29, 1.82) is 0 Å². The molecule has 2 aliphatic rings. The number of hydrogen-bond acceptors (Lipinski definition) is 11. The predicted octanol–water partition coefficient (Wildman–Crippen LogP) is -2.73. The van der Waals surface area contributed by atoms with Crippen molar-refractivity contribution in [3.05, 3.63) is 47.5 Å². The number of aliphatic hydroxyl groups excluding tert-OH is 8. The molecule has 10 atom stereocenters. The zero-order chi connectivity index (χ0) is 31.0. The molecule has 0 saturated carbocycles. The van der Waals surface area contributed by atoms with Gasteiger partial charge >= 0.3 is 5.97 Å². The maximum Gasteiger partial charge on any atom is 0.323 e. The Labute approximate surface area is 244 Å². The first kappa shape index (κ1) is 30.9. The molecule has 0 bridgehead atoms. The number of aromatic nitrogens is 1. The second-order valence-corrected chi connectivity index (χ2v) is 10.5. The van der Waals surface area contributed by atoms with Crippen LogP contribution in [0.3, 0.4) is 0 Å². The Bertz CT molecular complexity index is 1520. The van der Waals surface area contributed by atoms with Crippen LogP contribution in [0.4, 0.5) is 0 Å². The average Bonchev–Trinajstić information content (AvgIpc) is 3.29. The highest BCUT2D eigenvalue weighted by Gasteiger charge is 2.43. The van der Waals surface area contributed by atoms with Crippen LogP contribution in [0.1, 0.15) is 11.1 Å². The van der Waals surface area contributed by atoms with Crippen molar-refractivity contribution in [3.63, 3.8) is 0 Å². The summed E-state index contributed by atoms with van der Waals surface area (Å²) in [6.07, 6.45) is -13.8. The molecular weight excluding hydrogens is 566 g/mol. The van der Waals surface area contributed by atoms with Gasteiger partial charge in [-0.1, -0.05) is 35.8 Å². The van der Waals surface area contributed by atoms with E-state index in [9.17, 15) is 50.8 Å². The first-order valence-electron chi connectivity index (χ1n) is 13.5. The fraction of sp³-hybridized carbons (Fsp3) is 0.433. The molecule has 10 unspecified atom stereocenters. The molecule has 3 aromatic rings. The number of benzene rings is 2. The lowest BCUT2D eigenvalue weighted by molar-refractivity contribution is -0.214. The molecule has 9 N–H and O–H groups in total. The zero-order valence-corrected chi connectivity index (χ0v) is 22.6. The molecule has 2 aliphatic heterocycles. The lowest BCUT2D eigenvalue weighted by Gasteiger charge is -2.37. The summed E-state index contributed by atoms with van der Waals surface area (Å²) in [5.41, 5.74) is 1.97. The number of nitrogens with zero attached hydrogens (tertiary/aromatic N) is 1. The quantitative estimate of drug-likeness (QED) is 0.140. The summed E-state index contributed by atoms with van der Waals surface area (Å²) in [6, 6.07) is 10.2. The summed E-state index contributed by atoms with van der Waals surface area (Å²) in [4.78, 5) is 11.8. The van der Waals surface area contributed by atoms with Gasteiger partial charge in [0.1, 0.15) is 67.6 Å². The summed E-state index contributed by atoms with van der Waals surface area (Å²) in [7, 11) is 0. The highest BCUT2D eigenvalue weighted by atomic mass is 16.5. The molecule has 3 heterocycles. The Morgan fingerprint density at radius 3 is 1.47 bits per heavy atom. The molecular formula is C30H31NO12. The lowest BCUT2D eigenvalue weighted by atomic mass is 9.95. The SMILES string of the molecule is O=C(O)Cn1c2cc(C#CC3OC(CO)C(O)C(O)C3O)ccc2c2ccc(C#CC3OC(CO)C(O)C(O)C3O)cc21. The second-order valence-electron chi connectivity index (χ2n) is 10.5. The van der Waals surface area contributed by atoms with Crippen molar-refractivity contribution in [2.45, 2.75) is 67.6 Å². The van der Waals surface area contributed by atoms with E-state index in [1.54, 1.807) is 41.0 Å². The first-order chi connectivity index (χ1) is 20.5. The molecule has 0 aliphatic carbocycles. The van der Waals surface area contributed by atoms with E-state index in [-0.39, 0.29) is 0 Å². The molecule has 2 fully saturated rings. The van der Waals surface area contributed by atoms with Crippen molar-refractivity contribution in [2.24, 2.45) is 0 Å². The van der Waals surface area contributed by atoms with Gasteiger partial charge in [0.25, 0.3) is 0 Å². The van der Waals surface area contributed by atoms with Crippen molar-refractivity contribution in [3.8, 4) is 23.7 Å². The molecule has 228 valence electrons. The minimum Gasteiger partial charge on any atom is -0.480 e. The van der Waals surface area contributed by atoms with Gasteiger partial charge < -0.3 is 60.0 Å². The van der Waals surface area contributed by atoms with Gasteiger partial charge in [-0.05, 0) is 24.3 Å². The van der Waals surface area contributed by atoms with E-state index in [1.165, 1.54) is 0 Å². The number of hydrogen-bond donors (Lipinski definition) is 9. The maximum absolute atomic E-state index is 11.8. The molecule has 0 radical (unpaired) electrons. The third kappa shape index (κ3) is 5.97. The Kier molecular flexibility index (Phi) is 9.03. The van der Waals surface area contributed by atoms with Crippen LogP contribution in [-0.2, 0) is 20.8 Å². The minimum absolute atomic E-state index is 0.396. The highest BCUT2D eigenvalue weighted by molar-refractivity contribution is 6.09. The number of rotatable bonds is 4. The van der Waals surface area contributed by atoms with Gasteiger partial charge in [-0.15, -0.1) is 0 Å². The number of fused-ring (bicyclic) bond motifs is 3. The summed E-state index contributed by atoms with van der Waals surface area (Å²) in [5.74, 6) is 9.99. The van der Waals surface area contributed by atoms with Gasteiger partial charge in [-0.25, -0.2) is 0 Å². The Balaban J connectivity index is 1.49. The third-order valence-corrected chi connectivity index (χ3v) is 7.66. The summed E-state index contributed by atoms with van der Waals surface area (Å²) in [5, 5.41) is 90.4. The standard InChI is InChI=1S/C30H31NO12/c32-12-22-27(38)29(40)25(36)20(42-22)7-3-14-1-5-16-17-6-2-15(10-19(17)31(11-24(34)35)18(16)9-14)4-8-21-26(37)30(41)28(39)23(13-33)43-21/h1-2,5-6,9-10,20-23,25-30,32-33,36-41H,11-13H2,(H,34,35). The monoisotopic (exact) mass is 597 g/mol. The Morgan fingerprint density at radius 2 is 1.09 bits per heavy atom. The molecule has 1 aromatic heterocycles. The van der Waals surface area contributed by atoms with Crippen LogP contribution in [0.15, 0.2) is 36.4 Å². The number of carbonyl (C=O) groups is 1. The summed E-state index contributed by atoms with van der Waals surface area (Å²) in [6.45, 7) is -1.56. The van der Waals surface area contributed by atoms with Crippen molar-refractivity contribution >= 4 is 27.8 Å². The first-order valence-corrected chi connectivity index (χ1v) is 13.5. The van der Waals surface area contributed by atoms with Crippen LogP contribution in [0.2, 0.25) is 0 Å².